The number of benzene rings is 2. The summed E-state index contributed by atoms with van der Waals surface area (Å²) in [6.07, 6.45) is 2.85. The van der Waals surface area contributed by atoms with E-state index >= 15 is 0 Å². The average molecular weight is 363 g/mol. The van der Waals surface area contributed by atoms with Gasteiger partial charge in [-0.15, -0.1) is 0 Å². The van der Waals surface area contributed by atoms with Crippen LogP contribution in [0.2, 0.25) is 0 Å². The number of Topliss-reactive ketones (excluding diaryl/α,β-unsaturated/α-hetero) is 1. The first-order chi connectivity index (χ1) is 13.1. The molecule has 1 aliphatic rings. The lowest BCUT2D eigenvalue weighted by Gasteiger charge is -2.26. The van der Waals surface area contributed by atoms with E-state index in [4.69, 9.17) is 0 Å². The first-order valence-electron chi connectivity index (χ1n) is 9.45. The van der Waals surface area contributed by atoms with E-state index in [0.29, 0.717) is 12.1 Å². The Kier molecular flexibility index (Phi) is 5.75. The molecular formula is C23H25NO3. The van der Waals surface area contributed by atoms with E-state index in [-0.39, 0.29) is 11.3 Å². The van der Waals surface area contributed by atoms with E-state index < -0.39 is 17.7 Å². The summed E-state index contributed by atoms with van der Waals surface area (Å²) >= 11 is 0. The Morgan fingerprint density at radius 3 is 2.33 bits per heavy atom. The quantitative estimate of drug-likeness (QED) is 0.353. The van der Waals surface area contributed by atoms with Crippen LogP contribution in [-0.4, -0.2) is 28.2 Å². The molecule has 1 unspecified atom stereocenters. The van der Waals surface area contributed by atoms with Gasteiger partial charge in [-0.05, 0) is 24.5 Å². The van der Waals surface area contributed by atoms with Gasteiger partial charge in [-0.25, -0.2) is 0 Å². The number of unbranched alkanes of at least 4 members (excludes halogenated alkanes) is 2. The second kappa shape index (κ2) is 8.21. The van der Waals surface area contributed by atoms with Gasteiger partial charge in [0.25, 0.3) is 11.7 Å². The topological polar surface area (TPSA) is 57.6 Å². The molecule has 2 aromatic carbocycles. The van der Waals surface area contributed by atoms with Gasteiger partial charge in [-0.3, -0.25) is 9.59 Å². The van der Waals surface area contributed by atoms with Gasteiger partial charge in [0.1, 0.15) is 5.76 Å². The second-order valence-electron chi connectivity index (χ2n) is 6.92. The molecule has 4 heteroatoms. The fourth-order valence-corrected chi connectivity index (χ4v) is 3.61. The van der Waals surface area contributed by atoms with Crippen LogP contribution in [0.1, 0.15) is 48.9 Å². The molecule has 3 rings (SSSR count). The molecule has 1 heterocycles. The van der Waals surface area contributed by atoms with Crippen molar-refractivity contribution in [3.05, 3.63) is 76.9 Å². The average Bonchev–Trinajstić information content (AvgIpc) is 2.93. The number of hydrogen-bond donors (Lipinski definition) is 1. The van der Waals surface area contributed by atoms with E-state index in [0.717, 1.165) is 30.4 Å². The fourth-order valence-electron chi connectivity index (χ4n) is 3.61. The van der Waals surface area contributed by atoms with Crippen molar-refractivity contribution >= 4 is 17.4 Å². The van der Waals surface area contributed by atoms with Crippen LogP contribution < -0.4 is 0 Å². The number of aryl methyl sites for hydroxylation is 1. The molecule has 0 aliphatic carbocycles. The molecular weight excluding hydrogens is 338 g/mol. The summed E-state index contributed by atoms with van der Waals surface area (Å²) in [5.74, 6) is -1.25. The van der Waals surface area contributed by atoms with Gasteiger partial charge in [-0.1, -0.05) is 74.4 Å². The van der Waals surface area contributed by atoms with Crippen LogP contribution in [0.5, 0.6) is 0 Å². The summed E-state index contributed by atoms with van der Waals surface area (Å²) in [5, 5.41) is 10.9. The Labute approximate surface area is 160 Å². The van der Waals surface area contributed by atoms with Crippen molar-refractivity contribution in [1.29, 1.82) is 0 Å². The molecule has 1 N–H and O–H groups in total. The van der Waals surface area contributed by atoms with Crippen molar-refractivity contribution in [3.8, 4) is 0 Å². The second-order valence-corrected chi connectivity index (χ2v) is 6.92. The van der Waals surface area contributed by atoms with Crippen LogP contribution in [0.4, 0.5) is 0 Å². The number of nitrogens with zero attached hydrogens (tertiary/aromatic N) is 1. The molecule has 1 aliphatic heterocycles. The first kappa shape index (κ1) is 18.9. The summed E-state index contributed by atoms with van der Waals surface area (Å²) in [6, 6.07) is 16.1. The van der Waals surface area contributed by atoms with E-state index in [1.54, 1.807) is 29.2 Å². The van der Waals surface area contributed by atoms with E-state index in [9.17, 15) is 14.7 Å². The maximum absolute atomic E-state index is 12.8. The largest absolute Gasteiger partial charge is 0.507 e. The zero-order valence-electron chi connectivity index (χ0n) is 15.8. The lowest BCUT2D eigenvalue weighted by molar-refractivity contribution is -0.139. The molecule has 1 saturated heterocycles. The molecule has 27 heavy (non-hydrogen) atoms. The van der Waals surface area contributed by atoms with E-state index in [2.05, 4.69) is 6.92 Å². The Bertz CT molecular complexity index is 870. The van der Waals surface area contributed by atoms with Crippen molar-refractivity contribution in [2.45, 2.75) is 39.2 Å². The van der Waals surface area contributed by atoms with Crippen LogP contribution in [0.3, 0.4) is 0 Å². The Morgan fingerprint density at radius 1 is 1.00 bits per heavy atom. The summed E-state index contributed by atoms with van der Waals surface area (Å²) in [4.78, 5) is 27.2. The van der Waals surface area contributed by atoms with Gasteiger partial charge in [0.05, 0.1) is 11.6 Å². The zero-order chi connectivity index (χ0) is 19.4. The number of amides is 1. The molecule has 1 amide bonds. The standard InChI is InChI=1S/C23H25NO3/c1-3-4-10-15-24-20(18-14-9-8-11-16(18)2)19(22(26)23(24)27)21(25)17-12-6-5-7-13-17/h5-9,11-14,20,25H,3-4,10,15H2,1-2H3/b21-19-. The SMILES string of the molecule is CCCCCN1C(=O)C(=O)/C(=C(\O)c2ccccc2)C1c1ccccc1C. The van der Waals surface area contributed by atoms with Gasteiger partial charge in [0.15, 0.2) is 0 Å². The van der Waals surface area contributed by atoms with Crippen LogP contribution in [0, 0.1) is 6.92 Å². The molecule has 0 radical (unpaired) electrons. The third-order valence-corrected chi connectivity index (χ3v) is 5.07. The van der Waals surface area contributed by atoms with Gasteiger partial charge >= 0.3 is 0 Å². The normalized spacial score (nSPS) is 18.9. The first-order valence-corrected chi connectivity index (χ1v) is 9.45. The third kappa shape index (κ3) is 3.65. The summed E-state index contributed by atoms with van der Waals surface area (Å²) in [6.45, 7) is 4.56. The van der Waals surface area contributed by atoms with Crippen molar-refractivity contribution in [2.24, 2.45) is 0 Å². The van der Waals surface area contributed by atoms with Gasteiger partial charge < -0.3 is 10.0 Å². The lowest BCUT2D eigenvalue weighted by Crippen LogP contribution is -2.31. The van der Waals surface area contributed by atoms with Crippen molar-refractivity contribution in [2.75, 3.05) is 6.54 Å². The molecule has 140 valence electrons. The maximum Gasteiger partial charge on any atom is 0.295 e. The smallest absolute Gasteiger partial charge is 0.295 e. The predicted molar refractivity (Wildman–Crippen MR) is 106 cm³/mol. The molecule has 0 bridgehead atoms. The highest BCUT2D eigenvalue weighted by Crippen LogP contribution is 2.40. The Balaban J connectivity index is 2.14. The maximum atomic E-state index is 12.8. The lowest BCUT2D eigenvalue weighted by atomic mass is 9.92. The highest BCUT2D eigenvalue weighted by Gasteiger charge is 2.46. The highest BCUT2D eigenvalue weighted by atomic mass is 16.3. The summed E-state index contributed by atoms with van der Waals surface area (Å²) < 4.78 is 0. The highest BCUT2D eigenvalue weighted by molar-refractivity contribution is 6.46. The number of likely N-dealkylation sites (tertiary alicyclic amines) is 1. The molecule has 0 spiro atoms. The minimum Gasteiger partial charge on any atom is -0.507 e. The number of carbonyl (C=O) groups excluding carboxylic acids is 2. The van der Waals surface area contributed by atoms with Crippen molar-refractivity contribution in [3.63, 3.8) is 0 Å². The van der Waals surface area contributed by atoms with E-state index in [1.165, 1.54) is 0 Å². The molecule has 4 nitrogen and oxygen atoms in total. The molecule has 0 saturated carbocycles. The minimum absolute atomic E-state index is 0.111. The fraction of sp³-hybridized carbons (Fsp3) is 0.304. The van der Waals surface area contributed by atoms with Crippen LogP contribution in [0.25, 0.3) is 5.76 Å². The van der Waals surface area contributed by atoms with Crippen molar-refractivity contribution in [1.82, 2.24) is 4.90 Å². The van der Waals surface area contributed by atoms with Gasteiger partial charge in [0, 0.05) is 12.1 Å². The summed E-state index contributed by atoms with van der Waals surface area (Å²) in [5.41, 5.74) is 2.59. The number of aliphatic hydroxyl groups excluding tert-OH is 1. The number of carbonyl (C=O) groups is 2. The Morgan fingerprint density at radius 2 is 1.67 bits per heavy atom. The molecule has 0 aromatic heterocycles. The predicted octanol–water partition coefficient (Wildman–Crippen LogP) is 4.61. The molecule has 2 aromatic rings. The molecule has 1 atom stereocenters. The molecule has 1 fully saturated rings. The minimum atomic E-state index is -0.610. The van der Waals surface area contributed by atoms with Crippen LogP contribution in [-0.2, 0) is 9.59 Å². The summed E-state index contributed by atoms with van der Waals surface area (Å²) in [7, 11) is 0. The van der Waals surface area contributed by atoms with E-state index in [1.807, 2.05) is 37.3 Å². The van der Waals surface area contributed by atoms with Gasteiger partial charge in [-0.2, -0.15) is 0 Å². The number of rotatable bonds is 6. The van der Waals surface area contributed by atoms with Crippen molar-refractivity contribution < 1.29 is 14.7 Å². The number of ketones is 1. The van der Waals surface area contributed by atoms with Gasteiger partial charge in [0.2, 0.25) is 0 Å². The monoisotopic (exact) mass is 363 g/mol. The third-order valence-electron chi connectivity index (χ3n) is 5.07. The number of hydrogen-bond acceptors (Lipinski definition) is 3. The van der Waals surface area contributed by atoms with Crippen LogP contribution >= 0.6 is 0 Å². The Hall–Kier alpha value is -2.88. The van der Waals surface area contributed by atoms with Crippen LogP contribution in [0.15, 0.2) is 60.2 Å². The number of aliphatic hydroxyl groups is 1. The zero-order valence-corrected chi connectivity index (χ0v) is 15.8.